The van der Waals surface area contributed by atoms with Crippen LogP contribution in [0, 0.1) is 5.92 Å². The fourth-order valence-corrected chi connectivity index (χ4v) is 3.61. The number of ether oxygens (including phenoxy) is 1. The molecule has 0 aromatic heterocycles. The maximum absolute atomic E-state index is 12.9. The van der Waals surface area contributed by atoms with Gasteiger partial charge in [0, 0.05) is 12.1 Å². The molecule has 3 rings (SSSR count). The first kappa shape index (κ1) is 22.4. The predicted molar refractivity (Wildman–Crippen MR) is 119 cm³/mol. The van der Waals surface area contributed by atoms with Gasteiger partial charge in [0.25, 0.3) is 11.7 Å². The molecule has 0 radical (unpaired) electrons. The molecular weight excluding hydrogens is 394 g/mol. The molecule has 2 aromatic rings. The van der Waals surface area contributed by atoms with Gasteiger partial charge >= 0.3 is 0 Å². The summed E-state index contributed by atoms with van der Waals surface area (Å²) in [4.78, 5) is 27.2. The zero-order valence-electron chi connectivity index (χ0n) is 18.2. The van der Waals surface area contributed by atoms with Crippen LogP contribution >= 0.6 is 0 Å². The third-order valence-electron chi connectivity index (χ3n) is 5.19. The van der Waals surface area contributed by atoms with Crippen molar-refractivity contribution >= 4 is 17.4 Å². The number of hydrogen-bond donors (Lipinski definition) is 2. The molecule has 31 heavy (non-hydrogen) atoms. The van der Waals surface area contributed by atoms with Crippen LogP contribution < -0.4 is 4.74 Å². The Morgan fingerprint density at radius 1 is 1.13 bits per heavy atom. The van der Waals surface area contributed by atoms with E-state index in [-0.39, 0.29) is 17.1 Å². The number of aliphatic hydroxyl groups is 1. The van der Waals surface area contributed by atoms with Crippen molar-refractivity contribution in [3.05, 3.63) is 65.2 Å². The molecule has 6 nitrogen and oxygen atoms in total. The maximum Gasteiger partial charge on any atom is 0.295 e. The minimum Gasteiger partial charge on any atom is -0.508 e. The number of amides is 1. The molecule has 1 unspecified atom stereocenters. The van der Waals surface area contributed by atoms with Gasteiger partial charge in [-0.2, -0.15) is 0 Å². The van der Waals surface area contributed by atoms with Crippen molar-refractivity contribution in [3.8, 4) is 11.5 Å². The van der Waals surface area contributed by atoms with Gasteiger partial charge in [-0.05, 0) is 54.3 Å². The van der Waals surface area contributed by atoms with Crippen LogP contribution in [0.4, 0.5) is 0 Å². The molecule has 0 aliphatic carbocycles. The lowest BCUT2D eigenvalue weighted by molar-refractivity contribution is -0.139. The molecule has 0 bridgehead atoms. The summed E-state index contributed by atoms with van der Waals surface area (Å²) < 4.78 is 5.68. The van der Waals surface area contributed by atoms with Gasteiger partial charge in [-0.25, -0.2) is 0 Å². The number of nitrogens with zero attached hydrogens (tertiary/aromatic N) is 1. The normalized spacial score (nSPS) is 18.1. The predicted octanol–water partition coefficient (Wildman–Crippen LogP) is 4.65. The first-order valence-electron chi connectivity index (χ1n) is 10.6. The van der Waals surface area contributed by atoms with E-state index >= 15 is 0 Å². The molecule has 0 spiro atoms. The van der Waals surface area contributed by atoms with E-state index < -0.39 is 17.7 Å². The van der Waals surface area contributed by atoms with E-state index in [1.54, 1.807) is 36.4 Å². The Hall–Kier alpha value is -3.28. The second-order valence-corrected chi connectivity index (χ2v) is 8.17. The molecule has 1 aliphatic heterocycles. The molecule has 1 amide bonds. The number of ketones is 1. The summed E-state index contributed by atoms with van der Waals surface area (Å²) in [5.41, 5.74) is 1.03. The monoisotopic (exact) mass is 423 g/mol. The number of carbonyl (C=O) groups is 2. The first-order chi connectivity index (χ1) is 14.8. The number of benzene rings is 2. The number of Topliss-reactive ketones (excluding diaryl/α,β-unsaturated/α-hetero) is 1. The van der Waals surface area contributed by atoms with E-state index in [4.69, 9.17) is 4.74 Å². The highest BCUT2D eigenvalue weighted by Gasteiger charge is 2.45. The van der Waals surface area contributed by atoms with E-state index in [0.717, 1.165) is 12.8 Å². The van der Waals surface area contributed by atoms with Crippen LogP contribution in [-0.2, 0) is 9.59 Å². The lowest BCUT2D eigenvalue weighted by Crippen LogP contribution is -2.30. The van der Waals surface area contributed by atoms with Gasteiger partial charge in [0.1, 0.15) is 17.3 Å². The van der Waals surface area contributed by atoms with E-state index in [0.29, 0.717) is 35.9 Å². The number of carbonyl (C=O) groups excluding carboxylic acids is 2. The molecular formula is C25H29NO5. The summed E-state index contributed by atoms with van der Waals surface area (Å²) in [5, 5.41) is 21.0. The molecule has 2 aromatic carbocycles. The van der Waals surface area contributed by atoms with Gasteiger partial charge in [-0.1, -0.05) is 39.3 Å². The highest BCUT2D eigenvalue weighted by Crippen LogP contribution is 2.40. The van der Waals surface area contributed by atoms with Gasteiger partial charge in [-0.3, -0.25) is 9.59 Å². The Kier molecular flexibility index (Phi) is 7.00. The second kappa shape index (κ2) is 9.69. The zero-order valence-corrected chi connectivity index (χ0v) is 18.2. The maximum atomic E-state index is 12.9. The number of rotatable bonds is 8. The average Bonchev–Trinajstić information content (AvgIpc) is 3.01. The minimum absolute atomic E-state index is 0.0301. The molecule has 1 heterocycles. The standard InChI is InChI=1S/C25H29NO5/c1-4-5-13-26-22(18-7-6-8-19(27)14-18)21(24(29)25(26)30)23(28)17-9-11-20(12-10-17)31-15-16(2)3/h6-12,14,16,22,27-28H,4-5,13,15H2,1-3H3/b23-21-. The molecule has 1 saturated heterocycles. The second-order valence-electron chi connectivity index (χ2n) is 8.17. The first-order valence-corrected chi connectivity index (χ1v) is 10.6. The lowest BCUT2D eigenvalue weighted by atomic mass is 9.95. The number of phenols is 1. The van der Waals surface area contributed by atoms with Crippen LogP contribution in [0.2, 0.25) is 0 Å². The highest BCUT2D eigenvalue weighted by atomic mass is 16.5. The van der Waals surface area contributed by atoms with Crippen LogP contribution in [0.15, 0.2) is 54.1 Å². The molecule has 164 valence electrons. The lowest BCUT2D eigenvalue weighted by Gasteiger charge is -2.25. The van der Waals surface area contributed by atoms with Crippen molar-refractivity contribution < 1.29 is 24.5 Å². The van der Waals surface area contributed by atoms with Crippen LogP contribution in [0.1, 0.15) is 50.8 Å². The van der Waals surface area contributed by atoms with E-state index in [2.05, 4.69) is 13.8 Å². The summed E-state index contributed by atoms with van der Waals surface area (Å²) >= 11 is 0. The van der Waals surface area contributed by atoms with Crippen molar-refractivity contribution in [2.75, 3.05) is 13.2 Å². The smallest absolute Gasteiger partial charge is 0.295 e. The Balaban J connectivity index is 2.03. The van der Waals surface area contributed by atoms with E-state index in [9.17, 15) is 19.8 Å². The van der Waals surface area contributed by atoms with Crippen LogP contribution in [0.25, 0.3) is 5.76 Å². The number of hydrogen-bond acceptors (Lipinski definition) is 5. The quantitative estimate of drug-likeness (QED) is 0.367. The topological polar surface area (TPSA) is 87.1 Å². The number of likely N-dealkylation sites (tertiary alicyclic amines) is 1. The molecule has 0 saturated carbocycles. The Morgan fingerprint density at radius 2 is 1.84 bits per heavy atom. The van der Waals surface area contributed by atoms with Crippen LogP contribution in [-0.4, -0.2) is 40.0 Å². The van der Waals surface area contributed by atoms with Crippen molar-refractivity contribution in [2.45, 2.75) is 39.7 Å². The third-order valence-corrected chi connectivity index (χ3v) is 5.19. The van der Waals surface area contributed by atoms with Gasteiger partial charge in [0.2, 0.25) is 0 Å². The summed E-state index contributed by atoms with van der Waals surface area (Å²) in [7, 11) is 0. The van der Waals surface area contributed by atoms with Gasteiger partial charge < -0.3 is 19.8 Å². The van der Waals surface area contributed by atoms with Crippen molar-refractivity contribution in [3.63, 3.8) is 0 Å². The Labute approximate surface area is 182 Å². The van der Waals surface area contributed by atoms with Gasteiger partial charge in [0.05, 0.1) is 18.2 Å². The van der Waals surface area contributed by atoms with Crippen LogP contribution in [0.5, 0.6) is 11.5 Å². The molecule has 1 atom stereocenters. The fraction of sp³-hybridized carbons (Fsp3) is 0.360. The molecule has 1 aliphatic rings. The van der Waals surface area contributed by atoms with Crippen molar-refractivity contribution in [1.82, 2.24) is 4.90 Å². The molecule has 2 N–H and O–H groups in total. The minimum atomic E-state index is -0.754. The largest absolute Gasteiger partial charge is 0.508 e. The SMILES string of the molecule is CCCCN1C(=O)C(=O)/C(=C(\O)c2ccc(OCC(C)C)cc2)C1c1cccc(O)c1. The Bertz CT molecular complexity index is 978. The van der Waals surface area contributed by atoms with E-state index in [1.807, 2.05) is 6.92 Å². The fourth-order valence-electron chi connectivity index (χ4n) is 3.61. The summed E-state index contributed by atoms with van der Waals surface area (Å²) in [6, 6.07) is 12.5. The number of aliphatic hydroxyl groups excluding tert-OH is 1. The van der Waals surface area contributed by atoms with Crippen LogP contribution in [0.3, 0.4) is 0 Å². The van der Waals surface area contributed by atoms with Crippen molar-refractivity contribution in [1.29, 1.82) is 0 Å². The molecule has 1 fully saturated rings. The van der Waals surface area contributed by atoms with Crippen molar-refractivity contribution in [2.24, 2.45) is 5.92 Å². The number of phenolic OH excluding ortho intramolecular Hbond substituents is 1. The average molecular weight is 424 g/mol. The third kappa shape index (κ3) is 4.90. The number of aromatic hydroxyl groups is 1. The molecule has 6 heteroatoms. The number of unbranched alkanes of at least 4 members (excludes halogenated alkanes) is 1. The van der Waals surface area contributed by atoms with Gasteiger partial charge in [0.15, 0.2) is 0 Å². The summed E-state index contributed by atoms with van der Waals surface area (Å²) in [5.74, 6) is -0.513. The Morgan fingerprint density at radius 3 is 2.45 bits per heavy atom. The summed E-state index contributed by atoms with van der Waals surface area (Å²) in [6.07, 6.45) is 1.58. The van der Waals surface area contributed by atoms with E-state index in [1.165, 1.54) is 17.0 Å². The van der Waals surface area contributed by atoms with Gasteiger partial charge in [-0.15, -0.1) is 0 Å². The summed E-state index contributed by atoms with van der Waals surface area (Å²) in [6.45, 7) is 7.08. The zero-order chi connectivity index (χ0) is 22.5. The highest BCUT2D eigenvalue weighted by molar-refractivity contribution is 6.46.